The molecule has 0 radical (unpaired) electrons. The van der Waals surface area contributed by atoms with E-state index in [1.165, 1.54) is 54.9 Å². The van der Waals surface area contributed by atoms with E-state index in [4.69, 9.17) is 8.92 Å². The second-order valence-electron chi connectivity index (χ2n) is 5.26. The molecule has 3 aromatic rings. The Morgan fingerprint density at radius 1 is 1.14 bits per heavy atom. The van der Waals surface area contributed by atoms with E-state index in [2.05, 4.69) is 15.3 Å². The molecule has 0 bridgehead atoms. The van der Waals surface area contributed by atoms with Gasteiger partial charge in [-0.2, -0.15) is 13.5 Å². The van der Waals surface area contributed by atoms with Crippen LogP contribution in [-0.4, -0.2) is 41.5 Å². The van der Waals surface area contributed by atoms with Crippen molar-refractivity contribution >= 4 is 22.0 Å². The van der Waals surface area contributed by atoms with Crippen molar-refractivity contribution in [1.82, 2.24) is 14.9 Å². The lowest BCUT2D eigenvalue weighted by molar-refractivity contribution is -0.387. The molecule has 144 valence electrons. The lowest BCUT2D eigenvalue weighted by Gasteiger charge is -2.11. The highest BCUT2D eigenvalue weighted by Gasteiger charge is 2.28. The van der Waals surface area contributed by atoms with Crippen molar-refractivity contribution in [3.63, 3.8) is 0 Å². The van der Waals surface area contributed by atoms with Crippen LogP contribution >= 0.6 is 0 Å². The number of ether oxygens (including phenoxy) is 1. The third-order valence-corrected chi connectivity index (χ3v) is 4.75. The molecule has 0 aliphatic carbocycles. The molecule has 1 heterocycles. The highest BCUT2D eigenvalue weighted by atomic mass is 32.2. The zero-order valence-corrected chi connectivity index (χ0v) is 15.2. The molecule has 0 saturated carbocycles. The first kappa shape index (κ1) is 19.0. The second-order valence-corrected chi connectivity index (χ2v) is 6.77. The number of hydrogen-bond acceptors (Lipinski definition) is 9. The van der Waals surface area contributed by atoms with Crippen molar-refractivity contribution in [2.75, 3.05) is 7.11 Å². The minimum absolute atomic E-state index is 0.106. The number of benzene rings is 2. The first-order valence-electron chi connectivity index (χ1n) is 7.65. The number of hydrogen-bond donors (Lipinski definition) is 0. The molecule has 0 aliphatic heterocycles. The summed E-state index contributed by atoms with van der Waals surface area (Å²) in [5.74, 6) is -0.0167. The van der Waals surface area contributed by atoms with E-state index in [-0.39, 0.29) is 11.5 Å². The molecule has 0 spiro atoms. The third-order valence-electron chi connectivity index (χ3n) is 3.47. The number of nitro benzene ring substituents is 1. The van der Waals surface area contributed by atoms with Gasteiger partial charge in [-0.15, -0.1) is 10.2 Å². The van der Waals surface area contributed by atoms with E-state index in [0.29, 0.717) is 5.56 Å². The summed E-state index contributed by atoms with van der Waals surface area (Å²) in [6.07, 6.45) is 4.27. The van der Waals surface area contributed by atoms with Crippen LogP contribution in [0.15, 0.2) is 65.1 Å². The number of rotatable bonds is 7. The average molecular weight is 403 g/mol. The van der Waals surface area contributed by atoms with Crippen LogP contribution < -0.4 is 8.92 Å². The van der Waals surface area contributed by atoms with Crippen LogP contribution in [0.25, 0.3) is 0 Å². The van der Waals surface area contributed by atoms with Crippen molar-refractivity contribution < 1.29 is 22.3 Å². The topological polar surface area (TPSA) is 139 Å². The molecule has 0 N–H and O–H groups in total. The molecular formula is C16H13N5O6S. The zero-order chi connectivity index (χ0) is 20.1. The van der Waals surface area contributed by atoms with E-state index < -0.39 is 25.6 Å². The molecule has 0 atom stereocenters. The van der Waals surface area contributed by atoms with Gasteiger partial charge in [0.15, 0.2) is 16.4 Å². The molecular weight excluding hydrogens is 390 g/mol. The lowest BCUT2D eigenvalue weighted by atomic mass is 10.2. The normalized spacial score (nSPS) is 11.5. The number of nitrogens with zero attached hydrogens (tertiary/aromatic N) is 5. The predicted molar refractivity (Wildman–Crippen MR) is 96.9 cm³/mol. The molecule has 2 aromatic carbocycles. The Hall–Kier alpha value is -3.80. The third kappa shape index (κ3) is 4.12. The second kappa shape index (κ2) is 7.84. The standard InChI is InChI=1S/C16H13N5O6S/c1-26-15-8-12(9-19-20-10-17-18-11-20)6-7-14(15)27-28(24,25)16-5-3-2-4-13(16)21(22)23/h2-11H,1H3/b19-9+. The van der Waals surface area contributed by atoms with Crippen LogP contribution in [0, 0.1) is 10.1 Å². The number of methoxy groups -OCH3 is 1. The van der Waals surface area contributed by atoms with Gasteiger partial charge in [-0.1, -0.05) is 12.1 Å². The monoisotopic (exact) mass is 403 g/mol. The quantitative estimate of drug-likeness (QED) is 0.252. The highest BCUT2D eigenvalue weighted by molar-refractivity contribution is 7.87. The molecule has 3 rings (SSSR count). The summed E-state index contributed by atoms with van der Waals surface area (Å²) >= 11 is 0. The van der Waals surface area contributed by atoms with Crippen molar-refractivity contribution in [1.29, 1.82) is 0 Å². The van der Waals surface area contributed by atoms with Crippen LogP contribution in [0.2, 0.25) is 0 Å². The molecule has 0 fully saturated rings. The first-order chi connectivity index (χ1) is 13.4. The zero-order valence-electron chi connectivity index (χ0n) is 14.4. The summed E-state index contributed by atoms with van der Waals surface area (Å²) in [5.41, 5.74) is 0.000140. The molecule has 28 heavy (non-hydrogen) atoms. The minimum Gasteiger partial charge on any atom is -0.493 e. The Morgan fingerprint density at radius 3 is 2.54 bits per heavy atom. The van der Waals surface area contributed by atoms with Gasteiger partial charge >= 0.3 is 10.1 Å². The summed E-state index contributed by atoms with van der Waals surface area (Å²) < 4.78 is 36.7. The van der Waals surface area contributed by atoms with E-state index in [1.807, 2.05) is 0 Å². The van der Waals surface area contributed by atoms with E-state index in [9.17, 15) is 18.5 Å². The molecule has 0 unspecified atom stereocenters. The van der Waals surface area contributed by atoms with E-state index >= 15 is 0 Å². The number of para-hydroxylation sites is 1. The molecule has 0 saturated heterocycles. The van der Waals surface area contributed by atoms with Crippen LogP contribution in [0.4, 0.5) is 5.69 Å². The Kier molecular flexibility index (Phi) is 5.31. The summed E-state index contributed by atoms with van der Waals surface area (Å²) in [4.78, 5) is 9.74. The van der Waals surface area contributed by atoms with Gasteiger partial charge in [-0.05, 0) is 29.8 Å². The van der Waals surface area contributed by atoms with E-state index in [1.54, 1.807) is 6.07 Å². The van der Waals surface area contributed by atoms with Crippen LogP contribution in [0.3, 0.4) is 0 Å². The minimum atomic E-state index is -4.46. The maximum absolute atomic E-state index is 12.5. The SMILES string of the molecule is COc1cc(/C=N/n2cnnc2)ccc1OS(=O)(=O)c1ccccc1[N+](=O)[O-]. The summed E-state index contributed by atoms with van der Waals surface area (Å²) in [6.45, 7) is 0. The van der Waals surface area contributed by atoms with Crippen LogP contribution in [0.1, 0.15) is 5.56 Å². The van der Waals surface area contributed by atoms with Gasteiger partial charge < -0.3 is 8.92 Å². The molecule has 12 heteroatoms. The summed E-state index contributed by atoms with van der Waals surface area (Å²) in [7, 11) is -3.12. The predicted octanol–water partition coefficient (Wildman–Crippen LogP) is 1.84. The van der Waals surface area contributed by atoms with Crippen molar-refractivity contribution in [3.8, 4) is 11.5 Å². The fourth-order valence-corrected chi connectivity index (χ4v) is 3.31. The Morgan fingerprint density at radius 2 is 1.86 bits per heavy atom. The molecule has 11 nitrogen and oxygen atoms in total. The van der Waals surface area contributed by atoms with Gasteiger partial charge in [-0.25, -0.2) is 4.68 Å². The maximum Gasteiger partial charge on any atom is 0.346 e. The average Bonchev–Trinajstić information content (AvgIpc) is 3.20. The van der Waals surface area contributed by atoms with Gasteiger partial charge in [-0.3, -0.25) is 10.1 Å². The van der Waals surface area contributed by atoms with Crippen molar-refractivity contribution in [2.45, 2.75) is 4.90 Å². The first-order valence-corrected chi connectivity index (χ1v) is 9.06. The van der Waals surface area contributed by atoms with Gasteiger partial charge in [0, 0.05) is 6.07 Å². The van der Waals surface area contributed by atoms with Crippen LogP contribution in [0.5, 0.6) is 11.5 Å². The fourth-order valence-electron chi connectivity index (χ4n) is 2.20. The fraction of sp³-hybridized carbons (Fsp3) is 0.0625. The largest absolute Gasteiger partial charge is 0.493 e. The Balaban J connectivity index is 1.91. The summed E-state index contributed by atoms with van der Waals surface area (Å²) in [5, 5.41) is 22.4. The van der Waals surface area contributed by atoms with Crippen LogP contribution in [-0.2, 0) is 10.1 Å². The maximum atomic E-state index is 12.5. The molecule has 1 aromatic heterocycles. The summed E-state index contributed by atoms with van der Waals surface area (Å²) in [6, 6.07) is 9.31. The van der Waals surface area contributed by atoms with Gasteiger partial charge in [0.1, 0.15) is 12.7 Å². The highest BCUT2D eigenvalue weighted by Crippen LogP contribution is 2.32. The molecule has 0 amide bonds. The van der Waals surface area contributed by atoms with E-state index in [0.717, 1.165) is 12.1 Å². The van der Waals surface area contributed by atoms with Gasteiger partial charge in [0.25, 0.3) is 5.69 Å². The van der Waals surface area contributed by atoms with Gasteiger partial charge in [0.05, 0.1) is 18.2 Å². The van der Waals surface area contributed by atoms with Gasteiger partial charge in [0.2, 0.25) is 0 Å². The Bertz CT molecular complexity index is 1130. The smallest absolute Gasteiger partial charge is 0.346 e. The number of aromatic nitrogens is 3. The van der Waals surface area contributed by atoms with Crippen molar-refractivity contribution in [3.05, 3.63) is 70.8 Å². The molecule has 0 aliphatic rings. The van der Waals surface area contributed by atoms with Crippen molar-refractivity contribution in [2.24, 2.45) is 5.10 Å². The Labute approximate surface area is 159 Å². The number of nitro groups is 1. The lowest BCUT2D eigenvalue weighted by Crippen LogP contribution is -2.12.